The highest BCUT2D eigenvalue weighted by Crippen LogP contribution is 2.22. The summed E-state index contributed by atoms with van der Waals surface area (Å²) in [5.74, 6) is 0.441. The Kier molecular flexibility index (Phi) is 5.95. The van der Waals surface area contributed by atoms with Gasteiger partial charge in [0, 0.05) is 18.2 Å². The molecular weight excluding hydrogens is 254 g/mol. The van der Waals surface area contributed by atoms with Gasteiger partial charge in [0.15, 0.2) is 6.61 Å². The monoisotopic (exact) mass is 271 g/mol. The summed E-state index contributed by atoms with van der Waals surface area (Å²) >= 11 is 5.86. The SMILES string of the molecule is COCC(C)NC(=O)COc1cc(Cl)ccc1C. The van der Waals surface area contributed by atoms with Crippen LogP contribution in [0, 0.1) is 6.92 Å². The molecule has 0 saturated heterocycles. The molecule has 1 aromatic carbocycles. The van der Waals surface area contributed by atoms with Gasteiger partial charge in [0.1, 0.15) is 5.75 Å². The van der Waals surface area contributed by atoms with Crippen LogP contribution >= 0.6 is 11.6 Å². The van der Waals surface area contributed by atoms with E-state index in [1.54, 1.807) is 19.2 Å². The molecule has 1 amide bonds. The predicted octanol–water partition coefficient (Wildman–Crippen LogP) is 2.18. The van der Waals surface area contributed by atoms with Crippen LogP contribution in [0.15, 0.2) is 18.2 Å². The van der Waals surface area contributed by atoms with Gasteiger partial charge in [-0.15, -0.1) is 0 Å². The fraction of sp³-hybridized carbons (Fsp3) is 0.462. The predicted molar refractivity (Wildman–Crippen MR) is 71.2 cm³/mol. The highest BCUT2D eigenvalue weighted by atomic mass is 35.5. The molecular formula is C13H18ClNO3. The van der Waals surface area contributed by atoms with Gasteiger partial charge >= 0.3 is 0 Å². The highest BCUT2D eigenvalue weighted by Gasteiger charge is 2.08. The van der Waals surface area contributed by atoms with Gasteiger partial charge in [-0.2, -0.15) is 0 Å². The first-order valence-corrected chi connectivity index (χ1v) is 6.08. The summed E-state index contributed by atoms with van der Waals surface area (Å²) in [6, 6.07) is 5.29. The maximum absolute atomic E-state index is 11.6. The van der Waals surface area contributed by atoms with Crippen molar-refractivity contribution in [1.82, 2.24) is 5.32 Å². The quantitative estimate of drug-likeness (QED) is 0.863. The Hall–Kier alpha value is -1.26. The lowest BCUT2D eigenvalue weighted by atomic mass is 10.2. The molecule has 0 aliphatic rings. The summed E-state index contributed by atoms with van der Waals surface area (Å²) < 4.78 is 10.4. The molecule has 1 atom stereocenters. The number of hydrogen-bond donors (Lipinski definition) is 1. The van der Waals surface area contributed by atoms with Gasteiger partial charge in [0.05, 0.1) is 6.61 Å². The maximum Gasteiger partial charge on any atom is 0.258 e. The van der Waals surface area contributed by atoms with Crippen molar-refractivity contribution in [3.05, 3.63) is 28.8 Å². The number of carbonyl (C=O) groups excluding carboxylic acids is 1. The summed E-state index contributed by atoms with van der Waals surface area (Å²) in [5.41, 5.74) is 0.942. The molecule has 1 unspecified atom stereocenters. The average molecular weight is 272 g/mol. The van der Waals surface area contributed by atoms with E-state index in [4.69, 9.17) is 21.1 Å². The average Bonchev–Trinajstić information content (AvgIpc) is 2.30. The zero-order chi connectivity index (χ0) is 13.5. The Balaban J connectivity index is 2.45. The molecule has 100 valence electrons. The molecule has 0 spiro atoms. The van der Waals surface area contributed by atoms with Crippen LogP contribution in [0.5, 0.6) is 5.75 Å². The van der Waals surface area contributed by atoms with E-state index in [0.717, 1.165) is 5.56 Å². The molecule has 1 rings (SSSR count). The molecule has 0 radical (unpaired) electrons. The topological polar surface area (TPSA) is 47.6 Å². The van der Waals surface area contributed by atoms with Crippen LogP contribution in [-0.2, 0) is 9.53 Å². The van der Waals surface area contributed by atoms with Crippen LogP contribution in [0.25, 0.3) is 0 Å². The molecule has 4 nitrogen and oxygen atoms in total. The van der Waals surface area contributed by atoms with Crippen molar-refractivity contribution < 1.29 is 14.3 Å². The van der Waals surface area contributed by atoms with E-state index in [-0.39, 0.29) is 18.6 Å². The summed E-state index contributed by atoms with van der Waals surface area (Å²) in [5, 5.41) is 3.35. The zero-order valence-corrected chi connectivity index (χ0v) is 11.6. The van der Waals surface area contributed by atoms with E-state index in [0.29, 0.717) is 17.4 Å². The first-order chi connectivity index (χ1) is 8.52. The summed E-state index contributed by atoms with van der Waals surface area (Å²) in [6.07, 6.45) is 0. The summed E-state index contributed by atoms with van der Waals surface area (Å²) in [4.78, 5) is 11.6. The van der Waals surface area contributed by atoms with Crippen molar-refractivity contribution in [2.24, 2.45) is 0 Å². The number of aryl methyl sites for hydroxylation is 1. The molecule has 0 fully saturated rings. The number of amides is 1. The smallest absolute Gasteiger partial charge is 0.258 e. The molecule has 0 aliphatic carbocycles. The van der Waals surface area contributed by atoms with Crippen molar-refractivity contribution >= 4 is 17.5 Å². The Morgan fingerprint density at radius 1 is 1.50 bits per heavy atom. The highest BCUT2D eigenvalue weighted by molar-refractivity contribution is 6.30. The van der Waals surface area contributed by atoms with E-state index in [1.807, 2.05) is 19.9 Å². The summed E-state index contributed by atoms with van der Waals surface area (Å²) in [6.45, 7) is 4.21. The largest absolute Gasteiger partial charge is 0.483 e. The van der Waals surface area contributed by atoms with Crippen LogP contribution in [0.1, 0.15) is 12.5 Å². The van der Waals surface area contributed by atoms with Crippen molar-refractivity contribution in [2.75, 3.05) is 20.3 Å². The van der Waals surface area contributed by atoms with Crippen molar-refractivity contribution in [3.8, 4) is 5.75 Å². The zero-order valence-electron chi connectivity index (χ0n) is 10.8. The number of ether oxygens (including phenoxy) is 2. The molecule has 0 saturated carbocycles. The second-order valence-corrected chi connectivity index (χ2v) is 4.56. The van der Waals surface area contributed by atoms with Crippen LogP contribution in [-0.4, -0.2) is 32.3 Å². The van der Waals surface area contributed by atoms with Gasteiger partial charge in [-0.3, -0.25) is 4.79 Å². The second-order valence-electron chi connectivity index (χ2n) is 4.12. The molecule has 1 N–H and O–H groups in total. The van der Waals surface area contributed by atoms with Gasteiger partial charge in [-0.25, -0.2) is 0 Å². The number of nitrogens with one attached hydrogen (secondary N) is 1. The minimum atomic E-state index is -0.182. The first kappa shape index (κ1) is 14.8. The van der Waals surface area contributed by atoms with Gasteiger partial charge < -0.3 is 14.8 Å². The van der Waals surface area contributed by atoms with Crippen LogP contribution in [0.3, 0.4) is 0 Å². The number of methoxy groups -OCH3 is 1. The normalized spacial score (nSPS) is 12.0. The van der Waals surface area contributed by atoms with Gasteiger partial charge in [-0.05, 0) is 31.5 Å². The number of halogens is 1. The van der Waals surface area contributed by atoms with E-state index >= 15 is 0 Å². The fourth-order valence-corrected chi connectivity index (χ4v) is 1.64. The third-order valence-corrected chi connectivity index (χ3v) is 2.57. The van der Waals surface area contributed by atoms with Crippen molar-refractivity contribution in [2.45, 2.75) is 19.9 Å². The van der Waals surface area contributed by atoms with E-state index in [1.165, 1.54) is 0 Å². The standard InChI is InChI=1S/C13H18ClNO3/c1-9-4-5-11(14)6-12(9)18-8-13(16)15-10(2)7-17-3/h4-6,10H,7-8H2,1-3H3,(H,15,16). The minimum absolute atomic E-state index is 0.0325. The molecule has 5 heteroatoms. The Morgan fingerprint density at radius 3 is 2.89 bits per heavy atom. The van der Waals surface area contributed by atoms with Crippen LogP contribution in [0.4, 0.5) is 0 Å². The molecule has 0 aliphatic heterocycles. The number of carbonyl (C=O) groups is 1. The van der Waals surface area contributed by atoms with E-state index in [2.05, 4.69) is 5.32 Å². The van der Waals surface area contributed by atoms with Crippen LogP contribution in [0.2, 0.25) is 5.02 Å². The van der Waals surface area contributed by atoms with Gasteiger partial charge in [-0.1, -0.05) is 17.7 Å². The fourth-order valence-electron chi connectivity index (χ4n) is 1.48. The van der Waals surface area contributed by atoms with E-state index in [9.17, 15) is 4.79 Å². The second kappa shape index (κ2) is 7.24. The Morgan fingerprint density at radius 2 is 2.22 bits per heavy atom. The van der Waals surface area contributed by atoms with Gasteiger partial charge in [0.25, 0.3) is 5.91 Å². The van der Waals surface area contributed by atoms with Gasteiger partial charge in [0.2, 0.25) is 0 Å². The third kappa shape index (κ3) is 4.94. The first-order valence-electron chi connectivity index (χ1n) is 5.70. The lowest BCUT2D eigenvalue weighted by Gasteiger charge is -2.14. The summed E-state index contributed by atoms with van der Waals surface area (Å²) in [7, 11) is 1.59. The number of hydrogen-bond acceptors (Lipinski definition) is 3. The molecule has 0 aromatic heterocycles. The number of rotatable bonds is 6. The lowest BCUT2D eigenvalue weighted by molar-refractivity contribution is -0.124. The minimum Gasteiger partial charge on any atom is -0.483 e. The molecule has 0 heterocycles. The van der Waals surface area contributed by atoms with Crippen LogP contribution < -0.4 is 10.1 Å². The molecule has 18 heavy (non-hydrogen) atoms. The Labute approximate surface area is 112 Å². The third-order valence-electron chi connectivity index (χ3n) is 2.33. The molecule has 1 aromatic rings. The molecule has 0 bridgehead atoms. The van der Waals surface area contributed by atoms with Crippen molar-refractivity contribution in [3.63, 3.8) is 0 Å². The maximum atomic E-state index is 11.6. The lowest BCUT2D eigenvalue weighted by Crippen LogP contribution is -2.38. The van der Waals surface area contributed by atoms with E-state index < -0.39 is 0 Å². The number of benzene rings is 1. The Bertz CT molecular complexity index is 409. The van der Waals surface area contributed by atoms with Crippen molar-refractivity contribution in [1.29, 1.82) is 0 Å².